The van der Waals surface area contributed by atoms with E-state index in [4.69, 9.17) is 4.74 Å². The predicted molar refractivity (Wildman–Crippen MR) is 133 cm³/mol. The second-order valence-electron chi connectivity index (χ2n) is 8.55. The number of aryl methyl sites for hydroxylation is 2. The van der Waals surface area contributed by atoms with E-state index in [0.717, 1.165) is 0 Å². The van der Waals surface area contributed by atoms with Gasteiger partial charge in [0.2, 0.25) is 5.95 Å². The molecule has 1 N–H and O–H groups in total. The van der Waals surface area contributed by atoms with Crippen LogP contribution in [-0.2, 0) is 14.1 Å². The summed E-state index contributed by atoms with van der Waals surface area (Å²) in [5, 5.41) is 7.29. The molecular formula is C26H23F2N7O2. The quantitative estimate of drug-likeness (QED) is 0.311. The van der Waals surface area contributed by atoms with Gasteiger partial charge in [-0.2, -0.15) is 5.10 Å². The number of ether oxygens (including phenoxy) is 1. The average Bonchev–Trinajstić information content (AvgIpc) is 3.49. The molecule has 0 radical (unpaired) electrons. The molecule has 11 heteroatoms. The van der Waals surface area contributed by atoms with Gasteiger partial charge in [0.25, 0.3) is 0 Å². The number of anilines is 2. The minimum absolute atomic E-state index is 0.0402. The Hall–Kier alpha value is -4.67. The zero-order valence-corrected chi connectivity index (χ0v) is 20.3. The first kappa shape index (κ1) is 24.0. The van der Waals surface area contributed by atoms with Gasteiger partial charge in [-0.1, -0.05) is 6.07 Å². The van der Waals surface area contributed by atoms with Gasteiger partial charge in [0.05, 0.1) is 30.5 Å². The zero-order valence-electron chi connectivity index (χ0n) is 20.3. The van der Waals surface area contributed by atoms with Crippen molar-refractivity contribution < 1.29 is 18.3 Å². The topological polar surface area (TPSA) is 99.8 Å². The second-order valence-corrected chi connectivity index (χ2v) is 8.55. The fourth-order valence-corrected chi connectivity index (χ4v) is 4.22. The summed E-state index contributed by atoms with van der Waals surface area (Å²) in [7, 11) is 4.94. The van der Waals surface area contributed by atoms with Gasteiger partial charge in [0, 0.05) is 56.2 Å². The smallest absolute Gasteiger partial charge is 0.228 e. The Labute approximate surface area is 210 Å². The molecule has 37 heavy (non-hydrogen) atoms. The Morgan fingerprint density at radius 1 is 1.11 bits per heavy atom. The summed E-state index contributed by atoms with van der Waals surface area (Å²) in [6.45, 7) is 0. The van der Waals surface area contributed by atoms with Gasteiger partial charge in [0.1, 0.15) is 11.6 Å². The number of methoxy groups -OCH3 is 1. The van der Waals surface area contributed by atoms with Crippen molar-refractivity contribution in [3.05, 3.63) is 89.8 Å². The highest BCUT2D eigenvalue weighted by Crippen LogP contribution is 2.32. The highest BCUT2D eigenvalue weighted by Gasteiger charge is 2.24. The molecule has 0 spiro atoms. The van der Waals surface area contributed by atoms with Crippen LogP contribution in [0.2, 0.25) is 0 Å². The number of hydrogen-bond acceptors (Lipinski definition) is 7. The fraction of sp³-hybridized carbons (Fsp3) is 0.192. The summed E-state index contributed by atoms with van der Waals surface area (Å²) in [4.78, 5) is 26.2. The molecule has 0 saturated carbocycles. The molecule has 5 rings (SSSR count). The van der Waals surface area contributed by atoms with Crippen LogP contribution in [0.4, 0.5) is 20.5 Å². The molecule has 0 aliphatic heterocycles. The number of carbonyl (C=O) groups excluding carboxylic acids is 1. The number of benzene rings is 2. The summed E-state index contributed by atoms with van der Waals surface area (Å²) in [5.74, 6) is -1.01. The van der Waals surface area contributed by atoms with E-state index in [2.05, 4.69) is 25.4 Å². The lowest BCUT2D eigenvalue weighted by molar-refractivity contribution is 0.0976. The molecule has 0 bridgehead atoms. The van der Waals surface area contributed by atoms with Crippen LogP contribution in [0.25, 0.3) is 10.9 Å². The molecule has 1 atom stereocenters. The van der Waals surface area contributed by atoms with E-state index in [1.165, 1.54) is 37.6 Å². The number of fused-ring (bicyclic) bond motifs is 1. The number of nitrogens with zero attached hydrogens (tertiary/aromatic N) is 6. The number of imidazole rings is 1. The van der Waals surface area contributed by atoms with Crippen molar-refractivity contribution in [3.63, 3.8) is 0 Å². The van der Waals surface area contributed by atoms with Gasteiger partial charge in [-0.3, -0.25) is 9.48 Å². The van der Waals surface area contributed by atoms with Gasteiger partial charge >= 0.3 is 0 Å². The predicted octanol–water partition coefficient (Wildman–Crippen LogP) is 4.53. The molecule has 9 nitrogen and oxygen atoms in total. The maximum absolute atomic E-state index is 15.0. The monoisotopic (exact) mass is 503 g/mol. The molecule has 3 heterocycles. The van der Waals surface area contributed by atoms with E-state index in [1.54, 1.807) is 54.2 Å². The van der Waals surface area contributed by atoms with Crippen LogP contribution < -0.4 is 10.1 Å². The number of rotatable bonds is 8. The van der Waals surface area contributed by atoms with E-state index in [-0.39, 0.29) is 40.4 Å². The van der Waals surface area contributed by atoms with Crippen molar-refractivity contribution in [1.29, 1.82) is 0 Å². The van der Waals surface area contributed by atoms with Gasteiger partial charge in [-0.15, -0.1) is 0 Å². The third kappa shape index (κ3) is 4.75. The zero-order chi connectivity index (χ0) is 26.1. The SMILES string of the molecule is COc1ccc([C@H](CC(=O)c2cc(F)c3cnc(Nc4ccnn4C)nc3c2)c2cncn2C)cc1F. The molecule has 0 fully saturated rings. The highest BCUT2D eigenvalue weighted by molar-refractivity contribution is 6.00. The third-order valence-electron chi connectivity index (χ3n) is 6.21. The number of aromatic nitrogens is 6. The molecule has 0 saturated heterocycles. The van der Waals surface area contributed by atoms with E-state index in [1.807, 2.05) is 0 Å². The maximum Gasteiger partial charge on any atom is 0.228 e. The van der Waals surface area contributed by atoms with Crippen LogP contribution in [0.3, 0.4) is 0 Å². The van der Waals surface area contributed by atoms with Gasteiger partial charge in [0.15, 0.2) is 17.3 Å². The highest BCUT2D eigenvalue weighted by atomic mass is 19.1. The summed E-state index contributed by atoms with van der Waals surface area (Å²) >= 11 is 0. The Morgan fingerprint density at radius 2 is 1.95 bits per heavy atom. The number of Topliss-reactive ketones (excluding diaryl/α,β-unsaturated/α-hetero) is 1. The number of nitrogens with one attached hydrogen (secondary N) is 1. The maximum atomic E-state index is 15.0. The standard InChI is InChI=1S/C26H23F2N7O2/c1-34-14-29-13-22(34)17(15-4-5-24(37-3)20(28)8-15)11-23(36)16-9-19(27)18-12-30-26(32-21(18)10-16)33-25-6-7-31-35(25)2/h4-10,12-14,17H,11H2,1-3H3,(H,30,32,33)/t17-/m0/s1. The van der Waals surface area contributed by atoms with Crippen molar-refractivity contribution in [2.24, 2.45) is 14.1 Å². The average molecular weight is 504 g/mol. The Balaban J connectivity index is 1.49. The summed E-state index contributed by atoms with van der Waals surface area (Å²) < 4.78 is 37.9. The minimum atomic E-state index is -0.611. The van der Waals surface area contributed by atoms with E-state index >= 15 is 0 Å². The van der Waals surface area contributed by atoms with Crippen LogP contribution in [-0.4, -0.2) is 42.2 Å². The molecule has 5 aromatic rings. The van der Waals surface area contributed by atoms with Crippen molar-refractivity contribution in [1.82, 2.24) is 29.3 Å². The van der Waals surface area contributed by atoms with E-state index < -0.39 is 17.6 Å². The number of halogens is 2. The molecule has 0 amide bonds. The van der Waals surface area contributed by atoms with Crippen molar-refractivity contribution >= 4 is 28.5 Å². The van der Waals surface area contributed by atoms with Crippen molar-refractivity contribution in [2.75, 3.05) is 12.4 Å². The van der Waals surface area contributed by atoms with Gasteiger partial charge in [-0.05, 0) is 29.8 Å². The number of ketones is 1. The second kappa shape index (κ2) is 9.76. The third-order valence-corrected chi connectivity index (χ3v) is 6.21. The first-order valence-electron chi connectivity index (χ1n) is 11.4. The molecular weight excluding hydrogens is 480 g/mol. The molecule has 0 aliphatic carbocycles. The molecule has 188 valence electrons. The van der Waals surface area contributed by atoms with E-state index in [0.29, 0.717) is 17.1 Å². The molecule has 0 unspecified atom stereocenters. The van der Waals surface area contributed by atoms with Crippen molar-refractivity contribution in [2.45, 2.75) is 12.3 Å². The van der Waals surface area contributed by atoms with Gasteiger partial charge < -0.3 is 14.6 Å². The lowest BCUT2D eigenvalue weighted by Gasteiger charge is -2.18. The van der Waals surface area contributed by atoms with Crippen LogP contribution >= 0.6 is 0 Å². The molecule has 2 aromatic carbocycles. The molecule has 3 aromatic heterocycles. The Bertz CT molecular complexity index is 1610. The van der Waals surface area contributed by atoms with Crippen LogP contribution in [0.15, 0.2) is 61.3 Å². The van der Waals surface area contributed by atoms with Crippen LogP contribution in [0.5, 0.6) is 5.75 Å². The van der Waals surface area contributed by atoms with Crippen LogP contribution in [0, 0.1) is 11.6 Å². The van der Waals surface area contributed by atoms with Crippen molar-refractivity contribution in [3.8, 4) is 5.75 Å². The summed E-state index contributed by atoms with van der Waals surface area (Å²) in [6, 6.07) is 9.02. The lowest BCUT2D eigenvalue weighted by Crippen LogP contribution is -2.13. The van der Waals surface area contributed by atoms with Gasteiger partial charge in [-0.25, -0.2) is 23.7 Å². The fourth-order valence-electron chi connectivity index (χ4n) is 4.22. The summed E-state index contributed by atoms with van der Waals surface area (Å²) in [6.07, 6.45) is 6.18. The van der Waals surface area contributed by atoms with E-state index in [9.17, 15) is 13.6 Å². The first-order chi connectivity index (χ1) is 17.8. The number of carbonyl (C=O) groups is 1. The number of hydrogen-bond donors (Lipinski definition) is 1. The normalized spacial score (nSPS) is 12.0. The van der Waals surface area contributed by atoms with Crippen LogP contribution in [0.1, 0.15) is 34.0 Å². The molecule has 0 aliphatic rings. The summed E-state index contributed by atoms with van der Waals surface area (Å²) in [5.41, 5.74) is 1.71. The largest absolute Gasteiger partial charge is 0.494 e. The Morgan fingerprint density at radius 3 is 2.62 bits per heavy atom. The Kier molecular flexibility index (Phi) is 6.34. The first-order valence-corrected chi connectivity index (χ1v) is 11.4. The lowest BCUT2D eigenvalue weighted by atomic mass is 9.88. The minimum Gasteiger partial charge on any atom is -0.494 e.